The molecule has 0 aromatic carbocycles. The molecule has 2 aliphatic carbocycles. The minimum Gasteiger partial charge on any atom is -0.321 e. The van der Waals surface area contributed by atoms with Gasteiger partial charge in [-0.25, -0.2) is 9.97 Å². The molecule has 1 aromatic rings. The third-order valence-electron chi connectivity index (χ3n) is 3.31. The minimum atomic E-state index is 0.0717. The summed E-state index contributed by atoms with van der Waals surface area (Å²) in [7, 11) is 0. The van der Waals surface area contributed by atoms with E-state index in [1.54, 1.807) is 0 Å². The van der Waals surface area contributed by atoms with Gasteiger partial charge in [-0.3, -0.25) is 0 Å². The van der Waals surface area contributed by atoms with Crippen molar-refractivity contribution in [3.63, 3.8) is 0 Å². The maximum Gasteiger partial charge on any atom is 0.145 e. The van der Waals surface area contributed by atoms with E-state index in [0.29, 0.717) is 11.8 Å². The van der Waals surface area contributed by atoms with E-state index in [2.05, 4.69) is 16.0 Å². The van der Waals surface area contributed by atoms with E-state index < -0.39 is 0 Å². The van der Waals surface area contributed by atoms with Crippen LogP contribution in [0.2, 0.25) is 0 Å². The van der Waals surface area contributed by atoms with Crippen LogP contribution in [-0.2, 0) is 0 Å². The van der Waals surface area contributed by atoms with Crippen molar-refractivity contribution in [2.75, 3.05) is 0 Å². The SMILES string of the molecule is Cc1cc(C2CC2)nc(C(N)C2CC2)n1. The third kappa shape index (κ3) is 1.88. The van der Waals surface area contributed by atoms with Gasteiger partial charge in [0.25, 0.3) is 0 Å². The smallest absolute Gasteiger partial charge is 0.145 e. The molecule has 1 aromatic heterocycles. The van der Waals surface area contributed by atoms with Gasteiger partial charge in [0.15, 0.2) is 0 Å². The molecule has 0 bridgehead atoms. The summed E-state index contributed by atoms with van der Waals surface area (Å²) in [6, 6.07) is 2.18. The van der Waals surface area contributed by atoms with Crippen LogP contribution in [0, 0.1) is 12.8 Å². The summed E-state index contributed by atoms with van der Waals surface area (Å²) in [5.41, 5.74) is 8.42. The standard InChI is InChI=1S/C12H17N3/c1-7-6-10(8-2-3-8)15-12(14-7)11(13)9-4-5-9/h6,8-9,11H,2-5,13H2,1H3. The molecule has 3 heteroatoms. The molecule has 0 amide bonds. The average Bonchev–Trinajstić information content (AvgIpc) is 3.04. The first-order chi connectivity index (χ1) is 7.24. The average molecular weight is 203 g/mol. The van der Waals surface area contributed by atoms with Crippen LogP contribution < -0.4 is 5.73 Å². The van der Waals surface area contributed by atoms with Gasteiger partial charge in [0.2, 0.25) is 0 Å². The number of hydrogen-bond acceptors (Lipinski definition) is 3. The highest BCUT2D eigenvalue weighted by Gasteiger charge is 2.33. The summed E-state index contributed by atoms with van der Waals surface area (Å²) in [6.45, 7) is 2.04. The number of aryl methyl sites for hydroxylation is 1. The lowest BCUT2D eigenvalue weighted by atomic mass is 10.1. The summed E-state index contributed by atoms with van der Waals surface area (Å²) in [4.78, 5) is 9.09. The molecule has 1 unspecified atom stereocenters. The van der Waals surface area contributed by atoms with E-state index >= 15 is 0 Å². The van der Waals surface area contributed by atoms with E-state index in [1.165, 1.54) is 31.4 Å². The first-order valence-corrected chi connectivity index (χ1v) is 5.85. The van der Waals surface area contributed by atoms with E-state index in [9.17, 15) is 0 Å². The number of nitrogens with two attached hydrogens (primary N) is 1. The second-order valence-electron chi connectivity index (χ2n) is 4.93. The molecule has 0 saturated heterocycles. The van der Waals surface area contributed by atoms with Gasteiger partial charge >= 0.3 is 0 Å². The van der Waals surface area contributed by atoms with Crippen LogP contribution in [0.3, 0.4) is 0 Å². The summed E-state index contributed by atoms with van der Waals surface area (Å²) < 4.78 is 0. The Kier molecular flexibility index (Phi) is 2.02. The first-order valence-electron chi connectivity index (χ1n) is 5.85. The number of rotatable bonds is 3. The predicted octanol–water partition coefficient (Wildman–Crippen LogP) is 2.07. The molecule has 0 aliphatic heterocycles. The maximum absolute atomic E-state index is 6.13. The molecule has 2 N–H and O–H groups in total. The van der Waals surface area contributed by atoms with E-state index in [-0.39, 0.29) is 6.04 Å². The highest BCUT2D eigenvalue weighted by Crippen LogP contribution is 2.41. The molecule has 15 heavy (non-hydrogen) atoms. The zero-order valence-electron chi connectivity index (χ0n) is 9.11. The van der Waals surface area contributed by atoms with Gasteiger partial charge in [0.05, 0.1) is 6.04 Å². The van der Waals surface area contributed by atoms with Crippen molar-refractivity contribution in [2.45, 2.75) is 44.6 Å². The summed E-state index contributed by atoms with van der Waals surface area (Å²) >= 11 is 0. The van der Waals surface area contributed by atoms with Crippen LogP contribution in [-0.4, -0.2) is 9.97 Å². The van der Waals surface area contributed by atoms with E-state index in [0.717, 1.165) is 11.5 Å². The zero-order chi connectivity index (χ0) is 10.4. The Morgan fingerprint density at radius 3 is 2.60 bits per heavy atom. The van der Waals surface area contributed by atoms with Crippen molar-refractivity contribution in [1.29, 1.82) is 0 Å². The molecule has 1 heterocycles. The van der Waals surface area contributed by atoms with Crippen LogP contribution in [0.15, 0.2) is 6.07 Å². The lowest BCUT2D eigenvalue weighted by Crippen LogP contribution is -2.17. The second-order valence-corrected chi connectivity index (χ2v) is 4.93. The molecule has 3 nitrogen and oxygen atoms in total. The van der Waals surface area contributed by atoms with Gasteiger partial charge in [0.1, 0.15) is 5.82 Å². The summed E-state index contributed by atoms with van der Waals surface area (Å²) in [5, 5.41) is 0. The Labute approximate surface area is 90.1 Å². The highest BCUT2D eigenvalue weighted by atomic mass is 15.0. The van der Waals surface area contributed by atoms with Crippen LogP contribution in [0.5, 0.6) is 0 Å². The fourth-order valence-electron chi connectivity index (χ4n) is 2.02. The number of nitrogens with zero attached hydrogens (tertiary/aromatic N) is 2. The van der Waals surface area contributed by atoms with Crippen molar-refractivity contribution >= 4 is 0 Å². The summed E-state index contributed by atoms with van der Waals surface area (Å²) in [6.07, 6.45) is 5.07. The third-order valence-corrected chi connectivity index (χ3v) is 3.31. The minimum absolute atomic E-state index is 0.0717. The van der Waals surface area contributed by atoms with Crippen molar-refractivity contribution in [1.82, 2.24) is 9.97 Å². The molecule has 0 radical (unpaired) electrons. The van der Waals surface area contributed by atoms with Crippen molar-refractivity contribution in [2.24, 2.45) is 11.7 Å². The second kappa shape index (κ2) is 3.27. The molecule has 2 aliphatic rings. The molecule has 0 spiro atoms. The monoisotopic (exact) mass is 203 g/mol. The fraction of sp³-hybridized carbons (Fsp3) is 0.667. The zero-order valence-corrected chi connectivity index (χ0v) is 9.11. The molecular formula is C12H17N3. The normalized spacial score (nSPS) is 22.8. The Hall–Kier alpha value is -0.960. The van der Waals surface area contributed by atoms with Gasteiger partial charge in [-0.2, -0.15) is 0 Å². The Bertz CT molecular complexity index is 380. The first kappa shape index (κ1) is 9.28. The highest BCUT2D eigenvalue weighted by molar-refractivity contribution is 5.20. The van der Waals surface area contributed by atoms with Crippen molar-refractivity contribution < 1.29 is 0 Å². The predicted molar refractivity (Wildman–Crippen MR) is 58.4 cm³/mol. The lowest BCUT2D eigenvalue weighted by Gasteiger charge is -2.11. The van der Waals surface area contributed by atoms with Crippen molar-refractivity contribution in [3.8, 4) is 0 Å². The topological polar surface area (TPSA) is 51.8 Å². The molecular weight excluding hydrogens is 186 g/mol. The van der Waals surface area contributed by atoms with Crippen LogP contribution in [0.4, 0.5) is 0 Å². The number of aromatic nitrogens is 2. The molecule has 2 fully saturated rings. The molecule has 3 rings (SSSR count). The van der Waals surface area contributed by atoms with Crippen LogP contribution in [0.25, 0.3) is 0 Å². The summed E-state index contributed by atoms with van der Waals surface area (Å²) in [5.74, 6) is 2.20. The lowest BCUT2D eigenvalue weighted by molar-refractivity contribution is 0.586. The maximum atomic E-state index is 6.13. The largest absolute Gasteiger partial charge is 0.321 e. The van der Waals surface area contributed by atoms with Crippen LogP contribution >= 0.6 is 0 Å². The quantitative estimate of drug-likeness (QED) is 0.818. The van der Waals surface area contributed by atoms with Crippen molar-refractivity contribution in [3.05, 3.63) is 23.3 Å². The van der Waals surface area contributed by atoms with E-state index in [4.69, 9.17) is 5.73 Å². The Morgan fingerprint density at radius 2 is 2.00 bits per heavy atom. The van der Waals surface area contributed by atoms with Crippen LogP contribution in [0.1, 0.15) is 54.9 Å². The van der Waals surface area contributed by atoms with Gasteiger partial charge in [-0.1, -0.05) is 0 Å². The fourth-order valence-corrected chi connectivity index (χ4v) is 2.02. The Morgan fingerprint density at radius 1 is 1.27 bits per heavy atom. The van der Waals surface area contributed by atoms with Gasteiger partial charge in [-0.05, 0) is 44.6 Å². The van der Waals surface area contributed by atoms with E-state index in [1.807, 2.05) is 6.92 Å². The van der Waals surface area contributed by atoms with Gasteiger partial charge < -0.3 is 5.73 Å². The molecule has 2 saturated carbocycles. The Balaban J connectivity index is 1.91. The molecule has 1 atom stereocenters. The molecule has 80 valence electrons. The van der Waals surface area contributed by atoms with Gasteiger partial charge in [-0.15, -0.1) is 0 Å². The van der Waals surface area contributed by atoms with Gasteiger partial charge in [0, 0.05) is 17.3 Å². The number of hydrogen-bond donors (Lipinski definition) is 1.